The second-order valence-electron chi connectivity index (χ2n) is 5.15. The number of nitrogens with one attached hydrogen (secondary N) is 1. The number of carbonyl (C=O) groups excluding carboxylic acids is 3. The van der Waals surface area contributed by atoms with Gasteiger partial charge in [-0.3, -0.25) is 4.79 Å². The Hall–Kier alpha value is -3.09. The van der Waals surface area contributed by atoms with Crippen LogP contribution in [0, 0.1) is 6.92 Å². The Labute approximate surface area is 139 Å². The minimum absolute atomic E-state index is 0.319. The largest absolute Gasteiger partial charge is 0.465 e. The van der Waals surface area contributed by atoms with Gasteiger partial charge in [0.15, 0.2) is 6.61 Å². The first kappa shape index (κ1) is 17.3. The van der Waals surface area contributed by atoms with Gasteiger partial charge in [-0.1, -0.05) is 6.07 Å². The van der Waals surface area contributed by atoms with Gasteiger partial charge in [-0.25, -0.2) is 9.59 Å². The molecule has 2 rings (SSSR count). The average Bonchev–Trinajstić information content (AvgIpc) is 3.00. The van der Waals surface area contributed by atoms with E-state index in [1.807, 2.05) is 0 Å². The summed E-state index contributed by atoms with van der Waals surface area (Å²) in [6.07, 6.45) is 1.71. The number of hydrogen-bond acceptors (Lipinski definition) is 5. The van der Waals surface area contributed by atoms with Crippen molar-refractivity contribution in [3.8, 4) is 0 Å². The molecule has 0 atom stereocenters. The Balaban J connectivity index is 1.98. The fourth-order valence-corrected chi connectivity index (χ4v) is 2.07. The highest BCUT2D eigenvalue weighted by molar-refractivity contribution is 5.97. The van der Waals surface area contributed by atoms with Gasteiger partial charge in [-0.2, -0.15) is 0 Å². The lowest BCUT2D eigenvalue weighted by Crippen LogP contribution is -2.22. The van der Waals surface area contributed by atoms with E-state index < -0.39 is 24.5 Å². The predicted molar refractivity (Wildman–Crippen MR) is 86.8 cm³/mol. The number of methoxy groups -OCH3 is 1. The summed E-state index contributed by atoms with van der Waals surface area (Å²) in [7, 11) is 2.99. The third-order valence-electron chi connectivity index (χ3n) is 3.42. The van der Waals surface area contributed by atoms with Gasteiger partial charge in [0.1, 0.15) is 5.69 Å². The molecule has 1 heterocycles. The number of nitrogens with zero attached hydrogens (tertiary/aromatic N) is 1. The minimum Gasteiger partial charge on any atom is -0.465 e. The van der Waals surface area contributed by atoms with Gasteiger partial charge >= 0.3 is 11.9 Å². The molecule has 0 aliphatic heterocycles. The molecule has 0 bridgehead atoms. The van der Waals surface area contributed by atoms with Gasteiger partial charge < -0.3 is 19.4 Å². The summed E-state index contributed by atoms with van der Waals surface area (Å²) >= 11 is 0. The van der Waals surface area contributed by atoms with Crippen LogP contribution in [0.25, 0.3) is 0 Å². The average molecular weight is 330 g/mol. The Kier molecular flexibility index (Phi) is 5.36. The van der Waals surface area contributed by atoms with Gasteiger partial charge in [0.2, 0.25) is 0 Å². The van der Waals surface area contributed by atoms with Crippen LogP contribution in [0.4, 0.5) is 5.69 Å². The van der Waals surface area contributed by atoms with E-state index in [0.717, 1.165) is 5.56 Å². The number of ether oxygens (including phenoxy) is 2. The van der Waals surface area contributed by atoms with Gasteiger partial charge in [-0.15, -0.1) is 0 Å². The second kappa shape index (κ2) is 7.45. The molecule has 0 aliphatic rings. The number of amides is 1. The fourth-order valence-electron chi connectivity index (χ4n) is 2.07. The number of aromatic nitrogens is 1. The van der Waals surface area contributed by atoms with Gasteiger partial charge in [-0.05, 0) is 36.8 Å². The van der Waals surface area contributed by atoms with E-state index in [1.165, 1.54) is 13.2 Å². The van der Waals surface area contributed by atoms with Crippen LogP contribution in [-0.2, 0) is 21.3 Å². The van der Waals surface area contributed by atoms with E-state index in [9.17, 15) is 14.4 Å². The molecule has 0 spiro atoms. The fraction of sp³-hybridized carbons (Fsp3) is 0.235. The van der Waals surface area contributed by atoms with Crippen molar-refractivity contribution in [2.24, 2.45) is 7.05 Å². The minimum atomic E-state index is -0.585. The van der Waals surface area contributed by atoms with Crippen molar-refractivity contribution in [1.29, 1.82) is 0 Å². The van der Waals surface area contributed by atoms with Gasteiger partial charge in [0.05, 0.1) is 12.7 Å². The van der Waals surface area contributed by atoms with Gasteiger partial charge in [0, 0.05) is 18.9 Å². The van der Waals surface area contributed by atoms with Crippen LogP contribution in [0.3, 0.4) is 0 Å². The zero-order valence-electron chi connectivity index (χ0n) is 13.7. The molecule has 0 radical (unpaired) electrons. The molecule has 0 saturated carbocycles. The maximum absolute atomic E-state index is 12.0. The third kappa shape index (κ3) is 4.01. The Morgan fingerprint density at radius 1 is 1.17 bits per heavy atom. The number of benzene rings is 1. The quantitative estimate of drug-likeness (QED) is 0.846. The summed E-state index contributed by atoms with van der Waals surface area (Å²) in [6.45, 7) is 1.36. The first-order valence-electron chi connectivity index (χ1n) is 7.19. The maximum atomic E-state index is 12.0. The third-order valence-corrected chi connectivity index (χ3v) is 3.42. The van der Waals surface area contributed by atoms with Crippen molar-refractivity contribution in [1.82, 2.24) is 4.57 Å². The van der Waals surface area contributed by atoms with Crippen LogP contribution >= 0.6 is 0 Å². The molecule has 1 N–H and O–H groups in total. The van der Waals surface area contributed by atoms with Crippen LogP contribution in [0.2, 0.25) is 0 Å². The van der Waals surface area contributed by atoms with E-state index in [-0.39, 0.29) is 0 Å². The molecule has 1 aromatic heterocycles. The maximum Gasteiger partial charge on any atom is 0.355 e. The molecule has 24 heavy (non-hydrogen) atoms. The zero-order chi connectivity index (χ0) is 17.7. The van der Waals surface area contributed by atoms with Crippen LogP contribution < -0.4 is 5.32 Å². The van der Waals surface area contributed by atoms with E-state index >= 15 is 0 Å². The van der Waals surface area contributed by atoms with E-state index in [4.69, 9.17) is 4.74 Å². The summed E-state index contributed by atoms with van der Waals surface area (Å²) in [5.41, 5.74) is 1.90. The van der Waals surface area contributed by atoms with Crippen LogP contribution in [0.1, 0.15) is 26.4 Å². The van der Waals surface area contributed by atoms with Crippen molar-refractivity contribution >= 4 is 23.5 Å². The lowest BCUT2D eigenvalue weighted by molar-refractivity contribution is -0.119. The Bertz CT molecular complexity index is 779. The summed E-state index contributed by atoms with van der Waals surface area (Å²) in [5, 5.41) is 2.61. The van der Waals surface area contributed by atoms with Crippen molar-refractivity contribution < 1.29 is 23.9 Å². The first-order chi connectivity index (χ1) is 11.4. The molecule has 2 aromatic rings. The van der Waals surface area contributed by atoms with Gasteiger partial charge in [0.25, 0.3) is 5.91 Å². The van der Waals surface area contributed by atoms with Crippen LogP contribution in [0.5, 0.6) is 0 Å². The molecule has 7 heteroatoms. The molecule has 0 fully saturated rings. The molecular formula is C17H18N2O5. The lowest BCUT2D eigenvalue weighted by Gasteiger charge is -2.10. The van der Waals surface area contributed by atoms with Crippen LogP contribution in [-0.4, -0.2) is 36.1 Å². The monoisotopic (exact) mass is 330 g/mol. The van der Waals surface area contributed by atoms with Crippen molar-refractivity contribution in [3.05, 3.63) is 53.3 Å². The summed E-state index contributed by atoms with van der Waals surface area (Å²) in [5.74, 6) is -1.58. The molecular weight excluding hydrogens is 312 g/mol. The SMILES string of the molecule is COC(=O)c1ccc(C)c(NC(=O)COC(=O)c2cccn2C)c1. The predicted octanol–water partition coefficient (Wildman–Crippen LogP) is 1.92. The summed E-state index contributed by atoms with van der Waals surface area (Å²) in [6, 6.07) is 8.12. The highest BCUT2D eigenvalue weighted by Gasteiger charge is 2.14. The lowest BCUT2D eigenvalue weighted by atomic mass is 10.1. The smallest absolute Gasteiger partial charge is 0.355 e. The van der Waals surface area contributed by atoms with Crippen molar-refractivity contribution in [2.75, 3.05) is 19.0 Å². The number of rotatable bonds is 5. The number of aryl methyl sites for hydroxylation is 2. The highest BCUT2D eigenvalue weighted by Crippen LogP contribution is 2.17. The topological polar surface area (TPSA) is 86.6 Å². The van der Waals surface area contributed by atoms with Crippen molar-refractivity contribution in [2.45, 2.75) is 6.92 Å². The number of carbonyl (C=O) groups is 3. The van der Waals surface area contributed by atoms with Crippen molar-refractivity contribution in [3.63, 3.8) is 0 Å². The molecule has 0 unspecified atom stereocenters. The Morgan fingerprint density at radius 3 is 2.54 bits per heavy atom. The number of esters is 2. The molecule has 126 valence electrons. The van der Waals surface area contributed by atoms with E-state index in [2.05, 4.69) is 10.1 Å². The molecule has 7 nitrogen and oxygen atoms in total. The molecule has 1 amide bonds. The summed E-state index contributed by atoms with van der Waals surface area (Å²) < 4.78 is 11.2. The highest BCUT2D eigenvalue weighted by atomic mass is 16.5. The first-order valence-corrected chi connectivity index (χ1v) is 7.19. The number of anilines is 1. The van der Waals surface area contributed by atoms with E-state index in [1.54, 1.807) is 49.0 Å². The second-order valence-corrected chi connectivity index (χ2v) is 5.15. The molecule has 0 aliphatic carbocycles. The van der Waals surface area contributed by atoms with E-state index in [0.29, 0.717) is 16.9 Å². The normalized spacial score (nSPS) is 10.1. The van der Waals surface area contributed by atoms with Crippen LogP contribution in [0.15, 0.2) is 36.5 Å². The number of hydrogen-bond donors (Lipinski definition) is 1. The molecule has 1 aromatic carbocycles. The standard InChI is InChI=1S/C17H18N2O5/c1-11-6-7-12(16(21)23-3)9-13(11)18-15(20)10-24-17(22)14-5-4-8-19(14)2/h4-9H,10H2,1-3H3,(H,18,20). The zero-order valence-corrected chi connectivity index (χ0v) is 13.7. The summed E-state index contributed by atoms with van der Waals surface area (Å²) in [4.78, 5) is 35.3. The molecule has 0 saturated heterocycles. The Morgan fingerprint density at radius 2 is 1.92 bits per heavy atom.